The minimum atomic E-state index is 0.00554. The van der Waals surface area contributed by atoms with Crippen LogP contribution >= 0.6 is 0 Å². The van der Waals surface area contributed by atoms with Gasteiger partial charge in [-0.2, -0.15) is 0 Å². The number of benzene rings is 2. The van der Waals surface area contributed by atoms with E-state index in [4.69, 9.17) is 9.47 Å². The van der Waals surface area contributed by atoms with E-state index in [0.717, 1.165) is 56.0 Å². The summed E-state index contributed by atoms with van der Waals surface area (Å²) in [7, 11) is 1.69. The van der Waals surface area contributed by atoms with Crippen molar-refractivity contribution in [3.05, 3.63) is 48.0 Å². The van der Waals surface area contributed by atoms with Gasteiger partial charge in [-0.1, -0.05) is 32.0 Å². The number of nitrogens with zero attached hydrogens (tertiary/aromatic N) is 1. The van der Waals surface area contributed by atoms with Gasteiger partial charge in [0, 0.05) is 36.8 Å². The average Bonchev–Trinajstić information content (AvgIpc) is 3.06. The van der Waals surface area contributed by atoms with E-state index in [-0.39, 0.29) is 17.2 Å². The second-order valence-electron chi connectivity index (χ2n) is 8.09. The molecule has 2 heterocycles. The molecule has 0 N–H and O–H groups in total. The van der Waals surface area contributed by atoms with Crippen LogP contribution in [-0.4, -0.2) is 32.8 Å². The minimum Gasteiger partial charge on any atom is -0.497 e. The van der Waals surface area contributed by atoms with E-state index in [1.807, 2.05) is 24.0 Å². The standard InChI is InChI=1S/C24H29NO3/c1-4-17(2)23(26)25-16-24(10-12-28-13-11-24)21-15-19(8-9-22(21)25)18-6-5-7-20(14-18)27-3/h5-9,14-15,17H,4,10-13,16H2,1-3H3/t17-/m0/s1. The molecular weight excluding hydrogens is 350 g/mol. The molecule has 0 aliphatic carbocycles. The first-order chi connectivity index (χ1) is 13.6. The molecule has 2 aliphatic heterocycles. The smallest absolute Gasteiger partial charge is 0.229 e. The van der Waals surface area contributed by atoms with Crippen LogP contribution in [-0.2, 0) is 14.9 Å². The molecule has 4 heteroatoms. The molecule has 0 unspecified atom stereocenters. The van der Waals surface area contributed by atoms with Gasteiger partial charge in [0.05, 0.1) is 7.11 Å². The molecule has 1 amide bonds. The molecule has 1 fully saturated rings. The second kappa shape index (κ2) is 7.59. The number of anilines is 1. The zero-order valence-corrected chi connectivity index (χ0v) is 17.0. The fourth-order valence-electron chi connectivity index (χ4n) is 4.48. The maximum Gasteiger partial charge on any atom is 0.229 e. The summed E-state index contributed by atoms with van der Waals surface area (Å²) in [6.45, 7) is 6.40. The Hall–Kier alpha value is -2.33. The van der Waals surface area contributed by atoms with E-state index < -0.39 is 0 Å². The molecule has 1 spiro atoms. The Morgan fingerprint density at radius 3 is 2.64 bits per heavy atom. The lowest BCUT2D eigenvalue weighted by molar-refractivity contribution is -0.122. The number of methoxy groups -OCH3 is 1. The molecule has 1 saturated heterocycles. The second-order valence-corrected chi connectivity index (χ2v) is 8.09. The van der Waals surface area contributed by atoms with Crippen molar-refractivity contribution < 1.29 is 14.3 Å². The van der Waals surface area contributed by atoms with E-state index in [0.29, 0.717) is 0 Å². The predicted octanol–water partition coefficient (Wildman–Crippen LogP) is 4.80. The van der Waals surface area contributed by atoms with Crippen molar-refractivity contribution in [2.75, 3.05) is 31.8 Å². The van der Waals surface area contributed by atoms with Crippen LogP contribution in [0.25, 0.3) is 11.1 Å². The van der Waals surface area contributed by atoms with Gasteiger partial charge in [-0.05, 0) is 60.2 Å². The molecule has 4 nitrogen and oxygen atoms in total. The normalized spacial score (nSPS) is 18.8. The van der Waals surface area contributed by atoms with Crippen LogP contribution in [0, 0.1) is 5.92 Å². The molecule has 0 bridgehead atoms. The predicted molar refractivity (Wildman–Crippen MR) is 112 cm³/mol. The molecule has 148 valence electrons. The minimum absolute atomic E-state index is 0.00554. The molecule has 0 radical (unpaired) electrons. The van der Waals surface area contributed by atoms with Gasteiger partial charge in [0.25, 0.3) is 0 Å². The maximum atomic E-state index is 13.1. The topological polar surface area (TPSA) is 38.8 Å². The number of carbonyl (C=O) groups is 1. The van der Waals surface area contributed by atoms with E-state index in [1.54, 1.807) is 7.11 Å². The molecule has 2 aromatic carbocycles. The van der Waals surface area contributed by atoms with Gasteiger partial charge in [-0.15, -0.1) is 0 Å². The van der Waals surface area contributed by atoms with Gasteiger partial charge in [0.2, 0.25) is 5.91 Å². The maximum absolute atomic E-state index is 13.1. The van der Waals surface area contributed by atoms with Crippen molar-refractivity contribution in [3.63, 3.8) is 0 Å². The quantitative estimate of drug-likeness (QED) is 0.766. The zero-order valence-electron chi connectivity index (χ0n) is 17.0. The highest BCUT2D eigenvalue weighted by Crippen LogP contribution is 2.48. The first-order valence-corrected chi connectivity index (χ1v) is 10.3. The molecule has 2 aromatic rings. The van der Waals surface area contributed by atoms with Gasteiger partial charge < -0.3 is 14.4 Å². The average molecular weight is 380 g/mol. The van der Waals surface area contributed by atoms with E-state index >= 15 is 0 Å². The van der Waals surface area contributed by atoms with Crippen molar-refractivity contribution in [2.24, 2.45) is 5.92 Å². The third-order valence-electron chi connectivity index (χ3n) is 6.47. The van der Waals surface area contributed by atoms with Gasteiger partial charge in [0.1, 0.15) is 5.75 Å². The Balaban J connectivity index is 1.79. The largest absolute Gasteiger partial charge is 0.497 e. The van der Waals surface area contributed by atoms with Crippen molar-refractivity contribution in [2.45, 2.75) is 38.5 Å². The van der Waals surface area contributed by atoms with Crippen molar-refractivity contribution in [1.82, 2.24) is 0 Å². The monoisotopic (exact) mass is 379 g/mol. The first-order valence-electron chi connectivity index (χ1n) is 10.3. The number of carbonyl (C=O) groups excluding carboxylic acids is 1. The zero-order chi connectivity index (χ0) is 19.7. The molecule has 0 saturated carbocycles. The highest BCUT2D eigenvalue weighted by molar-refractivity contribution is 5.98. The van der Waals surface area contributed by atoms with Gasteiger partial charge in [-0.25, -0.2) is 0 Å². The van der Waals surface area contributed by atoms with Gasteiger partial charge >= 0.3 is 0 Å². The molecular formula is C24H29NO3. The Bertz CT molecular complexity index is 870. The lowest BCUT2D eigenvalue weighted by Gasteiger charge is -2.34. The molecule has 28 heavy (non-hydrogen) atoms. The van der Waals surface area contributed by atoms with Crippen molar-refractivity contribution in [3.8, 4) is 16.9 Å². The lowest BCUT2D eigenvalue weighted by atomic mass is 9.75. The van der Waals surface area contributed by atoms with Crippen LogP contribution in [0.3, 0.4) is 0 Å². The highest BCUT2D eigenvalue weighted by Gasteiger charge is 2.46. The summed E-state index contributed by atoms with van der Waals surface area (Å²) in [5.74, 6) is 1.13. The van der Waals surface area contributed by atoms with Gasteiger partial charge in [0.15, 0.2) is 0 Å². The summed E-state index contributed by atoms with van der Waals surface area (Å²) in [5, 5.41) is 0. The van der Waals surface area contributed by atoms with E-state index in [1.165, 1.54) is 11.1 Å². The van der Waals surface area contributed by atoms with Crippen LogP contribution in [0.4, 0.5) is 5.69 Å². The summed E-state index contributed by atoms with van der Waals surface area (Å²) in [6.07, 6.45) is 2.79. The van der Waals surface area contributed by atoms with Crippen LogP contribution in [0.2, 0.25) is 0 Å². The Morgan fingerprint density at radius 2 is 1.93 bits per heavy atom. The van der Waals surface area contributed by atoms with E-state index in [9.17, 15) is 4.79 Å². The van der Waals surface area contributed by atoms with Crippen molar-refractivity contribution >= 4 is 11.6 Å². The Labute approximate surface area is 167 Å². The molecule has 2 aliphatic rings. The van der Waals surface area contributed by atoms with E-state index in [2.05, 4.69) is 37.3 Å². The van der Waals surface area contributed by atoms with Crippen LogP contribution < -0.4 is 9.64 Å². The SMILES string of the molecule is CC[C@H](C)C(=O)N1CC2(CCOCC2)c2cc(-c3cccc(OC)c3)ccc21. The summed E-state index contributed by atoms with van der Waals surface area (Å²) in [6, 6.07) is 14.7. The third kappa shape index (κ3) is 3.20. The molecule has 0 aromatic heterocycles. The fourth-order valence-corrected chi connectivity index (χ4v) is 4.48. The number of amides is 1. The third-order valence-corrected chi connectivity index (χ3v) is 6.47. The number of fused-ring (bicyclic) bond motifs is 2. The fraction of sp³-hybridized carbons (Fsp3) is 0.458. The highest BCUT2D eigenvalue weighted by atomic mass is 16.5. The summed E-state index contributed by atoms with van der Waals surface area (Å²) >= 11 is 0. The van der Waals surface area contributed by atoms with Crippen LogP contribution in [0.15, 0.2) is 42.5 Å². The molecule has 4 rings (SSSR count). The Morgan fingerprint density at radius 1 is 1.18 bits per heavy atom. The number of ether oxygens (including phenoxy) is 2. The Kier molecular flexibility index (Phi) is 5.15. The number of rotatable bonds is 4. The summed E-state index contributed by atoms with van der Waals surface area (Å²) < 4.78 is 11.1. The van der Waals surface area contributed by atoms with Crippen molar-refractivity contribution in [1.29, 1.82) is 0 Å². The lowest BCUT2D eigenvalue weighted by Crippen LogP contribution is -2.42. The van der Waals surface area contributed by atoms with Gasteiger partial charge in [-0.3, -0.25) is 4.79 Å². The number of hydrogen-bond acceptors (Lipinski definition) is 3. The summed E-state index contributed by atoms with van der Waals surface area (Å²) in [4.78, 5) is 15.1. The number of hydrogen-bond donors (Lipinski definition) is 0. The molecule has 1 atom stereocenters. The van der Waals surface area contributed by atoms with Crippen LogP contribution in [0.5, 0.6) is 5.75 Å². The summed E-state index contributed by atoms with van der Waals surface area (Å²) in [5.41, 5.74) is 4.69. The van der Waals surface area contributed by atoms with Crippen LogP contribution in [0.1, 0.15) is 38.7 Å². The first kappa shape index (κ1) is 19.0.